The summed E-state index contributed by atoms with van der Waals surface area (Å²) in [4.78, 5) is 13.9. The molecular weight excluding hydrogens is 417 g/mol. The number of carbonyl (C=O) groups is 1. The largest absolute Gasteiger partial charge is 0.330 e. The normalized spacial score (nSPS) is 14.6. The highest BCUT2D eigenvalue weighted by Crippen LogP contribution is 2.29. The number of primary sulfonamides is 1. The summed E-state index contributed by atoms with van der Waals surface area (Å²) in [5, 5.41) is 11.8. The first kappa shape index (κ1) is 20.6. The van der Waals surface area contributed by atoms with E-state index in [-0.39, 0.29) is 28.0 Å². The molecule has 0 bridgehead atoms. The second-order valence-electron chi connectivity index (χ2n) is 5.93. The van der Waals surface area contributed by atoms with Crippen LogP contribution in [-0.2, 0) is 14.8 Å². The summed E-state index contributed by atoms with van der Waals surface area (Å²) < 4.78 is 37.0. The van der Waals surface area contributed by atoms with E-state index in [1.807, 2.05) is 0 Å². The molecule has 0 radical (unpaired) electrons. The predicted octanol–water partition coefficient (Wildman–Crippen LogP) is 1.70. The predicted molar refractivity (Wildman–Crippen MR) is 113 cm³/mol. The third kappa shape index (κ3) is 4.31. The number of nitrogens with two attached hydrogens (primary N) is 1. The van der Waals surface area contributed by atoms with Crippen molar-refractivity contribution in [3.8, 4) is 0 Å². The Hall–Kier alpha value is -3.15. The standard InChI is InChI=1S/C18H16FN5O3S2/c1-2-9-24-14-8-7-11(19)10-12(14)16(17(24)25)22-23-18(28)21-13-5-3-4-6-15(13)29(20,26)27/h2-8,10H,1,9H2,(H2,20,26,27)(H2,21,23,28). The highest BCUT2D eigenvalue weighted by atomic mass is 32.2. The molecule has 150 valence electrons. The third-order valence-corrected chi connectivity index (χ3v) is 5.14. The molecule has 0 saturated carbocycles. The lowest BCUT2D eigenvalue weighted by Crippen LogP contribution is -2.32. The van der Waals surface area contributed by atoms with Gasteiger partial charge in [0.25, 0.3) is 5.91 Å². The summed E-state index contributed by atoms with van der Waals surface area (Å²) in [7, 11) is -3.97. The molecule has 0 aliphatic carbocycles. The molecule has 0 fully saturated rings. The number of benzene rings is 2. The van der Waals surface area contributed by atoms with Crippen LogP contribution in [0.3, 0.4) is 0 Å². The lowest BCUT2D eigenvalue weighted by atomic mass is 10.1. The van der Waals surface area contributed by atoms with Crippen LogP contribution in [0.4, 0.5) is 15.8 Å². The molecule has 2 aromatic rings. The fraction of sp³-hybridized carbons (Fsp3) is 0.0556. The maximum Gasteiger partial charge on any atom is 0.279 e. The Morgan fingerprint density at radius 1 is 1.31 bits per heavy atom. The van der Waals surface area contributed by atoms with Crippen LogP contribution in [0, 0.1) is 5.82 Å². The van der Waals surface area contributed by atoms with Crippen LogP contribution in [0.15, 0.2) is 65.1 Å². The van der Waals surface area contributed by atoms with Crippen LogP contribution in [0.25, 0.3) is 0 Å². The molecule has 3 rings (SSSR count). The van der Waals surface area contributed by atoms with E-state index in [1.165, 1.54) is 47.4 Å². The average Bonchev–Trinajstić information content (AvgIpc) is 2.91. The van der Waals surface area contributed by atoms with Gasteiger partial charge in [-0.1, -0.05) is 18.2 Å². The molecule has 1 heterocycles. The number of hydrogen-bond acceptors (Lipinski definition) is 5. The lowest BCUT2D eigenvalue weighted by molar-refractivity contribution is -0.112. The second kappa shape index (κ2) is 8.07. The molecule has 0 atom stereocenters. The molecule has 11 heteroatoms. The van der Waals surface area contributed by atoms with Gasteiger partial charge in [-0.25, -0.2) is 17.9 Å². The number of anilines is 2. The maximum absolute atomic E-state index is 13.7. The fourth-order valence-corrected chi connectivity index (χ4v) is 3.63. The van der Waals surface area contributed by atoms with E-state index in [9.17, 15) is 17.6 Å². The van der Waals surface area contributed by atoms with Crippen molar-refractivity contribution < 1.29 is 17.6 Å². The average molecular weight is 433 g/mol. The molecule has 0 saturated heterocycles. The van der Waals surface area contributed by atoms with E-state index in [4.69, 9.17) is 17.4 Å². The number of para-hydroxylation sites is 1. The molecule has 0 unspecified atom stereocenters. The van der Waals surface area contributed by atoms with Gasteiger partial charge in [0.1, 0.15) is 10.7 Å². The molecule has 0 spiro atoms. The molecule has 1 amide bonds. The number of fused-ring (bicyclic) bond motifs is 1. The zero-order valence-corrected chi connectivity index (χ0v) is 16.6. The Balaban J connectivity index is 1.85. The minimum absolute atomic E-state index is 0.0368. The molecule has 8 nitrogen and oxygen atoms in total. The number of sulfonamides is 1. The Bertz CT molecular complexity index is 1150. The van der Waals surface area contributed by atoms with Crippen LogP contribution in [-0.4, -0.2) is 31.7 Å². The van der Waals surface area contributed by atoms with Crippen molar-refractivity contribution in [3.05, 3.63) is 66.5 Å². The van der Waals surface area contributed by atoms with Gasteiger partial charge in [0.05, 0.1) is 11.4 Å². The van der Waals surface area contributed by atoms with Gasteiger partial charge in [0.15, 0.2) is 10.8 Å². The van der Waals surface area contributed by atoms with E-state index in [0.717, 1.165) is 0 Å². The fourth-order valence-electron chi connectivity index (χ4n) is 2.78. The van der Waals surface area contributed by atoms with Gasteiger partial charge in [0, 0.05) is 12.1 Å². The highest BCUT2D eigenvalue weighted by molar-refractivity contribution is 7.89. The van der Waals surface area contributed by atoms with Crippen LogP contribution < -0.4 is 20.8 Å². The summed E-state index contributed by atoms with van der Waals surface area (Å²) >= 11 is 5.12. The number of amides is 1. The Morgan fingerprint density at radius 3 is 2.72 bits per heavy atom. The van der Waals surface area contributed by atoms with E-state index in [2.05, 4.69) is 22.4 Å². The molecular formula is C18H16FN5O3S2. The Labute approximate surface area is 171 Å². The van der Waals surface area contributed by atoms with Crippen molar-refractivity contribution >= 4 is 50.3 Å². The quantitative estimate of drug-likeness (QED) is 0.375. The van der Waals surface area contributed by atoms with Crippen LogP contribution in [0.2, 0.25) is 0 Å². The van der Waals surface area contributed by atoms with Gasteiger partial charge >= 0.3 is 0 Å². The third-order valence-electron chi connectivity index (χ3n) is 3.97. The Morgan fingerprint density at radius 2 is 2.03 bits per heavy atom. The Kier molecular flexibility index (Phi) is 5.73. The smallest absolute Gasteiger partial charge is 0.279 e. The summed E-state index contributed by atoms with van der Waals surface area (Å²) in [6, 6.07) is 9.82. The number of hydrogen-bond donors (Lipinski definition) is 3. The summed E-state index contributed by atoms with van der Waals surface area (Å²) in [5.74, 6) is -0.974. The first-order valence-electron chi connectivity index (χ1n) is 8.21. The second-order valence-corrected chi connectivity index (χ2v) is 7.87. The zero-order valence-electron chi connectivity index (χ0n) is 14.9. The molecule has 2 aromatic carbocycles. The van der Waals surface area contributed by atoms with Gasteiger partial charge in [-0.15, -0.1) is 6.58 Å². The van der Waals surface area contributed by atoms with Crippen LogP contribution >= 0.6 is 12.2 Å². The SMILES string of the molecule is C=CCN1C(=O)C(=NNC(=S)Nc2ccccc2S(N)(=O)=O)c2cc(F)ccc21. The van der Waals surface area contributed by atoms with Gasteiger partial charge in [0.2, 0.25) is 10.0 Å². The summed E-state index contributed by atoms with van der Waals surface area (Å²) in [6.45, 7) is 3.83. The van der Waals surface area contributed by atoms with E-state index < -0.39 is 21.7 Å². The number of nitrogens with zero attached hydrogens (tertiary/aromatic N) is 2. The summed E-state index contributed by atoms with van der Waals surface area (Å²) in [5.41, 5.74) is 3.39. The first-order valence-corrected chi connectivity index (χ1v) is 10.2. The lowest BCUT2D eigenvalue weighted by Gasteiger charge is -2.13. The van der Waals surface area contributed by atoms with Gasteiger partial charge < -0.3 is 10.2 Å². The van der Waals surface area contributed by atoms with Crippen LogP contribution in [0.5, 0.6) is 0 Å². The number of halogens is 1. The van der Waals surface area contributed by atoms with E-state index in [0.29, 0.717) is 11.3 Å². The number of thiocarbonyl (C=S) groups is 1. The number of carbonyl (C=O) groups excluding carboxylic acids is 1. The highest BCUT2D eigenvalue weighted by Gasteiger charge is 2.33. The van der Waals surface area contributed by atoms with Gasteiger partial charge in [-0.3, -0.25) is 10.2 Å². The molecule has 0 aromatic heterocycles. The number of rotatable bonds is 5. The topological polar surface area (TPSA) is 117 Å². The van der Waals surface area contributed by atoms with Crippen molar-refractivity contribution in [3.63, 3.8) is 0 Å². The van der Waals surface area contributed by atoms with Crippen molar-refractivity contribution in [1.82, 2.24) is 5.43 Å². The number of nitrogens with one attached hydrogen (secondary N) is 2. The van der Waals surface area contributed by atoms with E-state index >= 15 is 0 Å². The van der Waals surface area contributed by atoms with Crippen molar-refractivity contribution in [2.75, 3.05) is 16.8 Å². The first-order chi connectivity index (χ1) is 13.7. The van der Waals surface area contributed by atoms with Crippen molar-refractivity contribution in [1.29, 1.82) is 0 Å². The van der Waals surface area contributed by atoms with Crippen molar-refractivity contribution in [2.45, 2.75) is 4.90 Å². The minimum Gasteiger partial charge on any atom is -0.330 e. The van der Waals surface area contributed by atoms with Crippen LogP contribution in [0.1, 0.15) is 5.56 Å². The van der Waals surface area contributed by atoms with Gasteiger partial charge in [-0.2, -0.15) is 5.10 Å². The molecule has 29 heavy (non-hydrogen) atoms. The van der Waals surface area contributed by atoms with Crippen molar-refractivity contribution in [2.24, 2.45) is 10.2 Å². The maximum atomic E-state index is 13.7. The van der Waals surface area contributed by atoms with Gasteiger partial charge in [-0.05, 0) is 42.5 Å². The molecule has 4 N–H and O–H groups in total. The monoisotopic (exact) mass is 433 g/mol. The zero-order chi connectivity index (χ0) is 21.2. The number of hydrazone groups is 1. The summed E-state index contributed by atoms with van der Waals surface area (Å²) in [6.07, 6.45) is 1.54. The van der Waals surface area contributed by atoms with E-state index in [1.54, 1.807) is 6.07 Å². The minimum atomic E-state index is -3.97. The molecule has 1 aliphatic rings. The molecule has 1 aliphatic heterocycles.